The molecule has 0 unspecified atom stereocenters. The molecular formula is C20H27NO3S. The summed E-state index contributed by atoms with van der Waals surface area (Å²) in [6.45, 7) is 7.74. The van der Waals surface area contributed by atoms with Crippen molar-refractivity contribution in [1.29, 1.82) is 0 Å². The van der Waals surface area contributed by atoms with Crippen LogP contribution in [0.3, 0.4) is 0 Å². The largest absolute Gasteiger partial charge is 0.496 e. The first-order chi connectivity index (χ1) is 11.6. The number of methoxy groups -OCH3 is 1. The van der Waals surface area contributed by atoms with E-state index in [4.69, 9.17) is 4.74 Å². The maximum absolute atomic E-state index is 13.3. The minimum Gasteiger partial charge on any atom is -0.496 e. The molecule has 4 nitrogen and oxygen atoms in total. The molecule has 136 valence electrons. The van der Waals surface area contributed by atoms with Gasteiger partial charge >= 0.3 is 0 Å². The summed E-state index contributed by atoms with van der Waals surface area (Å²) in [6.07, 6.45) is 0. The zero-order valence-electron chi connectivity index (χ0n) is 16.0. The van der Waals surface area contributed by atoms with E-state index in [2.05, 4.69) is 0 Å². The molecule has 25 heavy (non-hydrogen) atoms. The first-order valence-corrected chi connectivity index (χ1v) is 9.79. The third-order valence-electron chi connectivity index (χ3n) is 4.36. The van der Waals surface area contributed by atoms with Gasteiger partial charge in [-0.15, -0.1) is 0 Å². The second-order valence-electron chi connectivity index (χ2n) is 6.87. The Balaban J connectivity index is 2.66. The second kappa shape index (κ2) is 7.08. The van der Waals surface area contributed by atoms with Gasteiger partial charge in [-0.2, -0.15) is 0 Å². The summed E-state index contributed by atoms with van der Waals surface area (Å²) in [7, 11) is 1.89. The van der Waals surface area contributed by atoms with Crippen molar-refractivity contribution in [2.75, 3.05) is 26.1 Å². The fraction of sp³-hybridized carbons (Fsp3) is 0.400. The molecule has 0 radical (unpaired) electrons. The number of anilines is 1. The Bertz CT molecular complexity index is 861. The van der Waals surface area contributed by atoms with Crippen molar-refractivity contribution in [3.8, 4) is 5.75 Å². The van der Waals surface area contributed by atoms with Gasteiger partial charge in [0.2, 0.25) is 9.84 Å². The molecule has 0 N–H and O–H groups in total. The number of rotatable bonds is 5. The predicted octanol–water partition coefficient (Wildman–Crippen LogP) is 4.33. The van der Waals surface area contributed by atoms with Crippen LogP contribution in [-0.2, 0) is 9.84 Å². The molecule has 0 saturated heterocycles. The van der Waals surface area contributed by atoms with E-state index >= 15 is 0 Å². The van der Waals surface area contributed by atoms with Crippen LogP contribution in [-0.4, -0.2) is 29.6 Å². The topological polar surface area (TPSA) is 46.6 Å². The molecule has 0 bridgehead atoms. The van der Waals surface area contributed by atoms with Gasteiger partial charge in [-0.25, -0.2) is 8.42 Å². The highest BCUT2D eigenvalue weighted by molar-refractivity contribution is 7.91. The highest BCUT2D eigenvalue weighted by Gasteiger charge is 2.24. The molecule has 0 atom stereocenters. The molecule has 5 heteroatoms. The van der Waals surface area contributed by atoms with E-state index in [0.29, 0.717) is 15.5 Å². The SMILES string of the molecule is COc1ccc(S(=O)(=O)c2c(C)cc(N(C)C)cc2C)cc1C(C)C. The van der Waals surface area contributed by atoms with Gasteiger partial charge in [0.25, 0.3) is 0 Å². The molecule has 0 aromatic heterocycles. The maximum atomic E-state index is 13.3. The normalized spacial score (nSPS) is 11.7. The Morgan fingerprint density at radius 3 is 2.00 bits per heavy atom. The third-order valence-corrected chi connectivity index (χ3v) is 6.42. The number of sulfone groups is 1. The molecule has 0 heterocycles. The number of nitrogens with zero attached hydrogens (tertiary/aromatic N) is 1. The van der Waals surface area contributed by atoms with Crippen molar-refractivity contribution in [2.45, 2.75) is 43.4 Å². The molecule has 0 aliphatic heterocycles. The van der Waals surface area contributed by atoms with Crippen LogP contribution < -0.4 is 9.64 Å². The number of hydrogen-bond acceptors (Lipinski definition) is 4. The summed E-state index contributed by atoms with van der Waals surface area (Å²) in [4.78, 5) is 2.67. The van der Waals surface area contributed by atoms with Crippen molar-refractivity contribution in [3.63, 3.8) is 0 Å². The molecule has 0 aliphatic carbocycles. The van der Waals surface area contributed by atoms with Crippen molar-refractivity contribution in [2.24, 2.45) is 0 Å². The predicted molar refractivity (Wildman–Crippen MR) is 103 cm³/mol. The van der Waals surface area contributed by atoms with E-state index < -0.39 is 9.84 Å². The van der Waals surface area contributed by atoms with E-state index in [1.807, 2.05) is 58.8 Å². The van der Waals surface area contributed by atoms with Gasteiger partial charge < -0.3 is 9.64 Å². The van der Waals surface area contributed by atoms with Crippen LogP contribution in [0, 0.1) is 13.8 Å². The van der Waals surface area contributed by atoms with Crippen LogP contribution in [0.4, 0.5) is 5.69 Å². The Labute approximate surface area is 151 Å². The van der Waals surface area contributed by atoms with E-state index in [1.165, 1.54) is 0 Å². The molecular weight excluding hydrogens is 334 g/mol. The molecule has 0 saturated carbocycles. The zero-order valence-corrected chi connectivity index (χ0v) is 16.9. The lowest BCUT2D eigenvalue weighted by atomic mass is 10.0. The van der Waals surface area contributed by atoms with Gasteiger partial charge in [0.05, 0.1) is 16.9 Å². The lowest BCUT2D eigenvalue weighted by molar-refractivity contribution is 0.407. The van der Waals surface area contributed by atoms with Crippen molar-refractivity contribution in [3.05, 3.63) is 47.0 Å². The minimum atomic E-state index is -3.60. The van der Waals surface area contributed by atoms with Crippen LogP contribution in [0.25, 0.3) is 0 Å². The average Bonchev–Trinajstić information content (AvgIpc) is 2.52. The van der Waals surface area contributed by atoms with Crippen molar-refractivity contribution >= 4 is 15.5 Å². The molecule has 0 spiro atoms. The monoisotopic (exact) mass is 361 g/mol. The van der Waals surface area contributed by atoms with Crippen LogP contribution in [0.5, 0.6) is 5.75 Å². The summed E-state index contributed by atoms with van der Waals surface area (Å²) < 4.78 is 31.9. The van der Waals surface area contributed by atoms with E-state index in [-0.39, 0.29) is 5.92 Å². The molecule has 2 aromatic rings. The van der Waals surface area contributed by atoms with Gasteiger partial charge in [0.15, 0.2) is 0 Å². The number of hydrogen-bond donors (Lipinski definition) is 0. The summed E-state index contributed by atoms with van der Waals surface area (Å²) in [5.74, 6) is 0.883. The van der Waals surface area contributed by atoms with Gasteiger partial charge in [0, 0.05) is 19.8 Å². The van der Waals surface area contributed by atoms with Crippen LogP contribution in [0.2, 0.25) is 0 Å². The van der Waals surface area contributed by atoms with Crippen LogP contribution in [0.15, 0.2) is 40.1 Å². The summed E-state index contributed by atoms with van der Waals surface area (Å²) in [6, 6.07) is 8.91. The van der Waals surface area contributed by atoms with Crippen LogP contribution >= 0.6 is 0 Å². The summed E-state index contributed by atoms with van der Waals surface area (Å²) >= 11 is 0. The lowest BCUT2D eigenvalue weighted by Crippen LogP contribution is -2.12. The van der Waals surface area contributed by atoms with Gasteiger partial charge in [-0.1, -0.05) is 13.8 Å². The molecule has 0 amide bonds. The fourth-order valence-corrected chi connectivity index (χ4v) is 4.79. The van der Waals surface area contributed by atoms with E-state index in [1.54, 1.807) is 25.3 Å². The minimum absolute atomic E-state index is 0.170. The number of aryl methyl sites for hydroxylation is 2. The Morgan fingerprint density at radius 2 is 1.56 bits per heavy atom. The van der Waals surface area contributed by atoms with Crippen molar-refractivity contribution in [1.82, 2.24) is 0 Å². The Hall–Kier alpha value is -2.01. The summed E-state index contributed by atoms with van der Waals surface area (Å²) in [5, 5.41) is 0. The highest BCUT2D eigenvalue weighted by Crippen LogP contribution is 2.34. The number of ether oxygens (including phenoxy) is 1. The second-order valence-corrected chi connectivity index (χ2v) is 8.75. The molecule has 0 fully saturated rings. The maximum Gasteiger partial charge on any atom is 0.207 e. The van der Waals surface area contributed by atoms with Gasteiger partial charge in [0.1, 0.15) is 5.75 Å². The first-order valence-electron chi connectivity index (χ1n) is 8.31. The summed E-state index contributed by atoms with van der Waals surface area (Å²) in [5.41, 5.74) is 3.39. The molecule has 0 aliphatic rings. The highest BCUT2D eigenvalue weighted by atomic mass is 32.2. The average molecular weight is 362 g/mol. The molecule has 2 rings (SSSR count). The zero-order chi connectivity index (χ0) is 18.9. The van der Waals surface area contributed by atoms with Crippen molar-refractivity contribution < 1.29 is 13.2 Å². The fourth-order valence-electron chi connectivity index (χ4n) is 3.06. The first kappa shape index (κ1) is 19.3. The van der Waals surface area contributed by atoms with Crippen LogP contribution in [0.1, 0.15) is 36.5 Å². The lowest BCUT2D eigenvalue weighted by Gasteiger charge is -2.19. The number of benzene rings is 2. The standard InChI is InChI=1S/C20H27NO3S/c1-13(2)18-12-17(8-9-19(18)24-7)25(22,23)20-14(3)10-16(21(5)6)11-15(20)4/h8-13H,1-7H3. The smallest absolute Gasteiger partial charge is 0.207 e. The Kier molecular flexibility index (Phi) is 5.47. The van der Waals surface area contributed by atoms with Gasteiger partial charge in [-0.3, -0.25) is 0 Å². The van der Waals surface area contributed by atoms with E-state index in [9.17, 15) is 8.42 Å². The third kappa shape index (κ3) is 3.66. The van der Waals surface area contributed by atoms with E-state index in [0.717, 1.165) is 22.4 Å². The van der Waals surface area contributed by atoms with Gasteiger partial charge in [-0.05, 0) is 66.8 Å². The Morgan fingerprint density at radius 1 is 1.00 bits per heavy atom. The molecule has 2 aromatic carbocycles. The quantitative estimate of drug-likeness (QED) is 0.795.